The lowest BCUT2D eigenvalue weighted by Gasteiger charge is -2.31. The van der Waals surface area contributed by atoms with Gasteiger partial charge in [0.05, 0.1) is 0 Å². The molecule has 0 bridgehead atoms. The average molecular weight is 1040 g/mol. The molecule has 0 aliphatic heterocycles. The highest BCUT2D eigenvalue weighted by atomic mass is 19.4. The highest BCUT2D eigenvalue weighted by Crippen LogP contribution is 2.28. The molecule has 0 aromatic heterocycles. The van der Waals surface area contributed by atoms with E-state index in [0.717, 1.165) is 0 Å². The van der Waals surface area contributed by atoms with Crippen LogP contribution in [0, 0.1) is 22.1 Å². The molecule has 0 heterocycles. The molecule has 3 aromatic carbocycles. The highest BCUT2D eigenvalue weighted by Gasteiger charge is 2.40. The number of azide groups is 1. The van der Waals surface area contributed by atoms with Crippen LogP contribution in [-0.4, -0.2) is 82.6 Å². The van der Waals surface area contributed by atoms with Crippen LogP contribution in [0.3, 0.4) is 0 Å². The first-order chi connectivity index (χ1) is 33.3. The molecular formula is C53H73F4N7O10. The van der Waals surface area contributed by atoms with E-state index in [-0.39, 0.29) is 22.8 Å². The quantitative estimate of drug-likeness (QED) is 0.0353. The fourth-order valence-electron chi connectivity index (χ4n) is 6.08. The number of Topliss-reactive ketones (excluding diaryl/α,β-unsaturated/α-hetero) is 3. The van der Waals surface area contributed by atoms with E-state index in [4.69, 9.17) is 19.7 Å². The lowest BCUT2D eigenvalue weighted by Crippen LogP contribution is -2.50. The van der Waals surface area contributed by atoms with Crippen molar-refractivity contribution in [2.24, 2.45) is 21.4 Å². The van der Waals surface area contributed by atoms with Crippen molar-refractivity contribution < 1.29 is 65.3 Å². The molecule has 4 N–H and O–H groups in total. The van der Waals surface area contributed by atoms with E-state index in [1.807, 2.05) is 41.5 Å². The minimum Gasteiger partial charge on any atom is -0.444 e. The lowest BCUT2D eigenvalue weighted by molar-refractivity contribution is -0.167. The third-order valence-electron chi connectivity index (χ3n) is 9.49. The third-order valence-corrected chi connectivity index (χ3v) is 9.49. The van der Waals surface area contributed by atoms with Gasteiger partial charge in [-0.2, -0.15) is 13.2 Å². The molecule has 4 amide bonds. The minimum absolute atomic E-state index is 0.105. The Hall–Kier alpha value is -7.02. The molecule has 0 aliphatic carbocycles. The monoisotopic (exact) mass is 1040 g/mol. The smallest absolute Gasteiger partial charge is 0.444 e. The van der Waals surface area contributed by atoms with Gasteiger partial charge >= 0.3 is 30.4 Å². The van der Waals surface area contributed by atoms with Gasteiger partial charge in [0.15, 0.2) is 17.3 Å². The lowest BCUT2D eigenvalue weighted by atomic mass is 9.82. The summed E-state index contributed by atoms with van der Waals surface area (Å²) in [7, 11) is 0. The minimum atomic E-state index is -5.01. The summed E-state index contributed by atoms with van der Waals surface area (Å²) in [6, 6.07) is 14.0. The Kier molecular flexibility index (Phi) is 22.6. The highest BCUT2D eigenvalue weighted by molar-refractivity contribution is 6.04. The second kappa shape index (κ2) is 25.8. The van der Waals surface area contributed by atoms with Gasteiger partial charge in [-0.3, -0.25) is 19.2 Å². The summed E-state index contributed by atoms with van der Waals surface area (Å²) in [5.74, 6) is -3.47. The van der Waals surface area contributed by atoms with Gasteiger partial charge in [-0.15, -0.1) is 0 Å². The SMILES string of the molecule is CC(C)(C)OC(=O)N[C@H](C(=O)c1ccc(F)cc1)C(C)(C)C.CC(C)(C)OC(=O)N[C@H](C(=O)c1ccc(N=[N+]=[N-])cc1)C(C)(C)C.CC(C)(C)OC(=O)N[C@H](C(=O)c1ccc(NC(=O)C(F)(F)F)cc1)C(C)(C)C. The molecule has 0 saturated carbocycles. The van der Waals surface area contributed by atoms with Crippen LogP contribution in [0.5, 0.6) is 0 Å². The number of carbonyl (C=O) groups is 7. The van der Waals surface area contributed by atoms with Crippen LogP contribution in [0.2, 0.25) is 0 Å². The van der Waals surface area contributed by atoms with E-state index in [1.54, 1.807) is 113 Å². The van der Waals surface area contributed by atoms with Crippen molar-refractivity contribution in [1.29, 1.82) is 0 Å². The molecule has 0 unspecified atom stereocenters. The molecule has 3 aromatic rings. The second-order valence-electron chi connectivity index (χ2n) is 23.2. The molecule has 0 fully saturated rings. The van der Waals surface area contributed by atoms with Crippen LogP contribution in [0.25, 0.3) is 10.4 Å². The molecule has 17 nitrogen and oxygen atoms in total. The van der Waals surface area contributed by atoms with Crippen LogP contribution in [0.1, 0.15) is 156 Å². The molecule has 0 spiro atoms. The third kappa shape index (κ3) is 24.1. The Balaban J connectivity index is 0.000000559. The number of ether oxygens (including phenoxy) is 3. The summed E-state index contributed by atoms with van der Waals surface area (Å²) in [6.45, 7) is 32.0. The topological polar surface area (TPSA) is 244 Å². The fraction of sp³-hybridized carbons (Fsp3) is 0.528. The van der Waals surface area contributed by atoms with Gasteiger partial charge in [-0.1, -0.05) is 91.7 Å². The molecule has 3 rings (SSSR count). The Bertz CT molecular complexity index is 2470. The van der Waals surface area contributed by atoms with Crippen molar-refractivity contribution >= 4 is 52.9 Å². The number of anilines is 1. The summed E-state index contributed by atoms with van der Waals surface area (Å²) in [4.78, 5) is 88.0. The first-order valence-corrected chi connectivity index (χ1v) is 23.3. The van der Waals surface area contributed by atoms with Crippen molar-refractivity contribution in [2.75, 3.05) is 5.32 Å². The molecular weight excluding hydrogens is 971 g/mol. The van der Waals surface area contributed by atoms with Gasteiger partial charge in [0, 0.05) is 33.0 Å². The standard InChI is InChI=1S/C19H25F3N2O4.C17H24FNO3.C17H24N4O3/c1-17(2,3)14(24-16(27)28-18(4,5)6)13(25)11-7-9-12(10-8-11)23-15(26)19(20,21)22;1-16(2,3)14(19-15(21)22-17(4,5)6)13(20)11-7-9-12(18)10-8-11;1-16(2,3)14(19-15(23)24-17(4,5)6)13(22)11-7-9-12(10-8-11)20-21-18/h7-10,14H,1-6H3,(H,23,26)(H,24,27);7-10,14H,1-6H3,(H,19,21);7-10,14H,1-6H3,(H,19,23)/t3*14-/m111/s1. The van der Waals surface area contributed by atoms with Gasteiger partial charge in [-0.25, -0.2) is 18.8 Å². The second-order valence-corrected chi connectivity index (χ2v) is 23.2. The van der Waals surface area contributed by atoms with E-state index in [9.17, 15) is 51.1 Å². The average Bonchev–Trinajstić information content (AvgIpc) is 3.21. The number of nitrogens with one attached hydrogen (secondary N) is 4. The van der Waals surface area contributed by atoms with Crippen LogP contribution in [0.4, 0.5) is 43.3 Å². The number of hydrogen-bond acceptors (Lipinski definition) is 11. The largest absolute Gasteiger partial charge is 0.471 e. The zero-order valence-corrected chi connectivity index (χ0v) is 45.6. The van der Waals surface area contributed by atoms with Crippen molar-refractivity contribution in [3.8, 4) is 0 Å². The van der Waals surface area contributed by atoms with Crippen molar-refractivity contribution in [3.63, 3.8) is 0 Å². The number of alkyl carbamates (subject to hydrolysis) is 3. The van der Waals surface area contributed by atoms with Crippen LogP contribution < -0.4 is 21.3 Å². The molecule has 0 aliphatic rings. The number of amides is 4. The van der Waals surface area contributed by atoms with E-state index < -0.39 is 93.1 Å². The number of nitrogens with zero attached hydrogens (tertiary/aromatic N) is 3. The van der Waals surface area contributed by atoms with Crippen LogP contribution in [0.15, 0.2) is 77.9 Å². The molecule has 0 radical (unpaired) electrons. The maximum Gasteiger partial charge on any atom is 0.471 e. The molecule has 408 valence electrons. The van der Waals surface area contributed by atoms with Crippen LogP contribution >= 0.6 is 0 Å². The fourth-order valence-corrected chi connectivity index (χ4v) is 6.08. The zero-order valence-electron chi connectivity index (χ0n) is 45.6. The first kappa shape index (κ1) is 65.0. The summed E-state index contributed by atoms with van der Waals surface area (Å²) < 4.78 is 65.5. The molecule has 3 atom stereocenters. The van der Waals surface area contributed by atoms with E-state index in [0.29, 0.717) is 16.8 Å². The Morgan fingerprint density at radius 3 is 0.986 bits per heavy atom. The van der Waals surface area contributed by atoms with Gasteiger partial charge < -0.3 is 35.5 Å². The zero-order chi connectivity index (χ0) is 57.6. The van der Waals surface area contributed by atoms with E-state index in [1.165, 1.54) is 48.5 Å². The number of hydrogen-bond donors (Lipinski definition) is 4. The summed E-state index contributed by atoms with van der Waals surface area (Å²) >= 11 is 0. The number of rotatable bonds is 11. The molecule has 74 heavy (non-hydrogen) atoms. The molecule has 21 heteroatoms. The summed E-state index contributed by atoms with van der Waals surface area (Å²) in [5, 5.41) is 13.0. The van der Waals surface area contributed by atoms with E-state index >= 15 is 0 Å². The number of halogens is 4. The first-order valence-electron chi connectivity index (χ1n) is 23.3. The Morgan fingerprint density at radius 1 is 0.473 bits per heavy atom. The maximum absolute atomic E-state index is 13.0. The van der Waals surface area contributed by atoms with Crippen molar-refractivity contribution in [2.45, 2.75) is 166 Å². The van der Waals surface area contributed by atoms with Gasteiger partial charge in [0.25, 0.3) is 0 Å². The van der Waals surface area contributed by atoms with Crippen LogP contribution in [-0.2, 0) is 19.0 Å². The maximum atomic E-state index is 13.0. The van der Waals surface area contributed by atoms with E-state index in [2.05, 4.69) is 26.0 Å². The summed E-state index contributed by atoms with van der Waals surface area (Å²) in [5.41, 5.74) is 5.95. The number of benzene rings is 3. The van der Waals surface area contributed by atoms with Crippen molar-refractivity contribution in [3.05, 3.63) is 106 Å². The normalized spacial score (nSPS) is 13.2. The van der Waals surface area contributed by atoms with Crippen molar-refractivity contribution in [1.82, 2.24) is 16.0 Å². The number of carbonyl (C=O) groups excluding carboxylic acids is 7. The predicted molar refractivity (Wildman–Crippen MR) is 274 cm³/mol. The van der Waals surface area contributed by atoms with Gasteiger partial charge in [0.2, 0.25) is 0 Å². The van der Waals surface area contributed by atoms with Gasteiger partial charge in [0.1, 0.15) is 40.7 Å². The number of ketones is 3. The Morgan fingerprint density at radius 2 is 0.743 bits per heavy atom. The predicted octanol–water partition coefficient (Wildman–Crippen LogP) is 13.0. The summed E-state index contributed by atoms with van der Waals surface area (Å²) in [6.07, 6.45) is -7.05. The number of alkyl halides is 3. The molecule has 0 saturated heterocycles. The Labute approximate surface area is 431 Å². The van der Waals surface area contributed by atoms with Gasteiger partial charge in [-0.05, 0) is 133 Å².